The molecule has 3 aromatic carbocycles. The second kappa shape index (κ2) is 14.9. The Morgan fingerprint density at radius 2 is 1.57 bits per heavy atom. The summed E-state index contributed by atoms with van der Waals surface area (Å²) in [5.74, 6) is -0.782. The molecule has 7 nitrogen and oxygen atoms in total. The molecule has 0 aliphatic rings. The van der Waals surface area contributed by atoms with Crippen molar-refractivity contribution in [3.05, 3.63) is 100 Å². The number of anilines is 1. The number of amides is 3. The van der Waals surface area contributed by atoms with Crippen LogP contribution >= 0.6 is 11.6 Å². The summed E-state index contributed by atoms with van der Waals surface area (Å²) in [5, 5.41) is 6.18. The summed E-state index contributed by atoms with van der Waals surface area (Å²) >= 11 is 6.46. The standard InChI is InChI=1S/C34H42ClN3O4/c1-7-21-38(32(40)28(22-25-14-10-9-11-15-25)36-33(41)42-34(4,5)6)30(26-19-17-24(8-2)18-20-26)31(39)37-29-23(3)13-12-16-27(29)35/h9-20,28,30H,7-8,21-22H2,1-6H3,(H,36,41)(H,37,39). The molecule has 0 spiro atoms. The number of aryl methyl sites for hydroxylation is 2. The number of nitrogens with zero attached hydrogens (tertiary/aromatic N) is 1. The molecule has 2 unspecified atom stereocenters. The summed E-state index contributed by atoms with van der Waals surface area (Å²) in [5.41, 5.74) is 3.19. The zero-order valence-corrected chi connectivity index (χ0v) is 26.1. The lowest BCUT2D eigenvalue weighted by Gasteiger charge is -2.34. The van der Waals surface area contributed by atoms with Gasteiger partial charge in [-0.3, -0.25) is 9.59 Å². The van der Waals surface area contributed by atoms with Gasteiger partial charge in [0.1, 0.15) is 17.7 Å². The Morgan fingerprint density at radius 3 is 2.14 bits per heavy atom. The number of nitrogens with one attached hydrogen (secondary N) is 2. The van der Waals surface area contributed by atoms with Crippen LogP contribution in [0.25, 0.3) is 0 Å². The fraction of sp³-hybridized carbons (Fsp3) is 0.382. The van der Waals surface area contributed by atoms with E-state index in [1.807, 2.05) is 80.6 Å². The summed E-state index contributed by atoms with van der Waals surface area (Å²) in [6.45, 7) is 11.4. The maximum absolute atomic E-state index is 14.4. The average molecular weight is 592 g/mol. The van der Waals surface area contributed by atoms with Crippen LogP contribution in [0.5, 0.6) is 0 Å². The van der Waals surface area contributed by atoms with Crippen LogP contribution in [0.2, 0.25) is 5.02 Å². The molecule has 8 heteroatoms. The molecule has 0 saturated heterocycles. The van der Waals surface area contributed by atoms with Crippen LogP contribution < -0.4 is 10.6 Å². The topological polar surface area (TPSA) is 87.7 Å². The largest absolute Gasteiger partial charge is 0.444 e. The number of ether oxygens (including phenoxy) is 1. The number of para-hydroxylation sites is 1. The molecule has 0 fully saturated rings. The zero-order chi connectivity index (χ0) is 30.9. The Kier molecular flexibility index (Phi) is 11.6. The molecule has 0 aromatic heterocycles. The van der Waals surface area contributed by atoms with Gasteiger partial charge in [-0.15, -0.1) is 0 Å². The number of rotatable bonds is 11. The van der Waals surface area contributed by atoms with E-state index in [9.17, 15) is 14.4 Å². The van der Waals surface area contributed by atoms with Crippen molar-refractivity contribution in [2.45, 2.75) is 78.5 Å². The first-order chi connectivity index (χ1) is 19.9. The molecule has 3 rings (SSSR count). The highest BCUT2D eigenvalue weighted by Crippen LogP contribution is 2.30. The highest BCUT2D eigenvalue weighted by molar-refractivity contribution is 6.34. The zero-order valence-electron chi connectivity index (χ0n) is 25.4. The fourth-order valence-corrected chi connectivity index (χ4v) is 4.97. The Hall–Kier alpha value is -3.84. The maximum Gasteiger partial charge on any atom is 0.408 e. The van der Waals surface area contributed by atoms with Crippen molar-refractivity contribution in [2.75, 3.05) is 11.9 Å². The SMILES string of the molecule is CCCN(C(=O)C(Cc1ccccc1)NC(=O)OC(C)(C)C)C(C(=O)Nc1c(C)cccc1Cl)c1ccc(CC)cc1. The Labute approximate surface area is 254 Å². The van der Waals surface area contributed by atoms with Gasteiger partial charge >= 0.3 is 6.09 Å². The van der Waals surface area contributed by atoms with E-state index in [1.54, 1.807) is 31.7 Å². The minimum absolute atomic E-state index is 0.228. The van der Waals surface area contributed by atoms with Gasteiger partial charge < -0.3 is 20.3 Å². The summed E-state index contributed by atoms with van der Waals surface area (Å²) in [6.07, 6.45) is 0.963. The van der Waals surface area contributed by atoms with Crippen molar-refractivity contribution in [3.63, 3.8) is 0 Å². The van der Waals surface area contributed by atoms with E-state index in [0.29, 0.717) is 22.7 Å². The molecule has 0 bridgehead atoms. The smallest absolute Gasteiger partial charge is 0.408 e. The van der Waals surface area contributed by atoms with Crippen molar-refractivity contribution in [1.29, 1.82) is 0 Å². The third-order valence-electron chi connectivity index (χ3n) is 6.75. The first kappa shape index (κ1) is 32.7. The average Bonchev–Trinajstić information content (AvgIpc) is 2.94. The number of carbonyl (C=O) groups is 3. The number of hydrogen-bond donors (Lipinski definition) is 2. The third kappa shape index (κ3) is 9.08. The third-order valence-corrected chi connectivity index (χ3v) is 7.07. The van der Waals surface area contributed by atoms with E-state index in [2.05, 4.69) is 17.6 Å². The van der Waals surface area contributed by atoms with E-state index in [1.165, 1.54) is 0 Å². The van der Waals surface area contributed by atoms with E-state index in [4.69, 9.17) is 16.3 Å². The minimum atomic E-state index is -0.974. The second-order valence-electron chi connectivity index (χ2n) is 11.3. The monoisotopic (exact) mass is 591 g/mol. The van der Waals surface area contributed by atoms with Gasteiger partial charge in [-0.1, -0.05) is 92.2 Å². The number of hydrogen-bond acceptors (Lipinski definition) is 4. The van der Waals surface area contributed by atoms with Gasteiger partial charge in [-0.2, -0.15) is 0 Å². The number of halogens is 1. The van der Waals surface area contributed by atoms with Crippen LogP contribution in [0.4, 0.5) is 10.5 Å². The molecule has 0 radical (unpaired) electrons. The molecular weight excluding hydrogens is 550 g/mol. The number of benzene rings is 3. The van der Waals surface area contributed by atoms with E-state index >= 15 is 0 Å². The van der Waals surface area contributed by atoms with Gasteiger partial charge in [0.15, 0.2) is 0 Å². The van der Waals surface area contributed by atoms with Crippen LogP contribution in [0.1, 0.15) is 69.3 Å². The first-order valence-electron chi connectivity index (χ1n) is 14.4. The van der Waals surface area contributed by atoms with Gasteiger partial charge in [0.2, 0.25) is 5.91 Å². The van der Waals surface area contributed by atoms with Crippen LogP contribution in [0.3, 0.4) is 0 Å². The highest BCUT2D eigenvalue weighted by Gasteiger charge is 2.36. The number of carbonyl (C=O) groups excluding carboxylic acids is 3. The molecule has 0 aliphatic carbocycles. The van der Waals surface area contributed by atoms with Crippen molar-refractivity contribution < 1.29 is 19.1 Å². The lowest BCUT2D eigenvalue weighted by molar-refractivity contribution is -0.140. The van der Waals surface area contributed by atoms with Gasteiger partial charge in [-0.25, -0.2) is 4.79 Å². The molecule has 3 aromatic rings. The van der Waals surface area contributed by atoms with Crippen LogP contribution in [-0.2, 0) is 27.2 Å². The molecule has 224 valence electrons. The number of alkyl carbamates (subject to hydrolysis) is 1. The first-order valence-corrected chi connectivity index (χ1v) is 14.8. The summed E-state index contributed by atoms with van der Waals surface area (Å²) in [6, 6.07) is 20.6. The summed E-state index contributed by atoms with van der Waals surface area (Å²) in [7, 11) is 0. The second-order valence-corrected chi connectivity index (χ2v) is 11.7. The quantitative estimate of drug-likeness (QED) is 0.245. The Morgan fingerprint density at radius 1 is 0.905 bits per heavy atom. The van der Waals surface area contributed by atoms with Crippen LogP contribution in [-0.4, -0.2) is 41.0 Å². The predicted molar refractivity (Wildman–Crippen MR) is 169 cm³/mol. The van der Waals surface area contributed by atoms with Gasteiger partial charge in [0.05, 0.1) is 10.7 Å². The molecule has 2 atom stereocenters. The van der Waals surface area contributed by atoms with Crippen molar-refractivity contribution in [3.8, 4) is 0 Å². The van der Waals surface area contributed by atoms with Crippen LogP contribution in [0.15, 0.2) is 72.8 Å². The van der Waals surface area contributed by atoms with E-state index < -0.39 is 29.7 Å². The van der Waals surface area contributed by atoms with Crippen molar-refractivity contribution in [2.24, 2.45) is 0 Å². The molecule has 0 aliphatic heterocycles. The van der Waals surface area contributed by atoms with Gasteiger partial charge in [0, 0.05) is 13.0 Å². The molecule has 3 amide bonds. The molecule has 0 heterocycles. The minimum Gasteiger partial charge on any atom is -0.444 e. The fourth-order valence-electron chi connectivity index (χ4n) is 4.70. The Bertz CT molecular complexity index is 1330. The van der Waals surface area contributed by atoms with E-state index in [0.717, 1.165) is 23.1 Å². The Balaban J connectivity index is 2.06. The molecular formula is C34H42ClN3O4. The van der Waals surface area contributed by atoms with Gasteiger partial charge in [0.25, 0.3) is 5.91 Å². The normalized spacial score (nSPS) is 12.6. The summed E-state index contributed by atoms with van der Waals surface area (Å²) in [4.78, 5) is 43.0. The van der Waals surface area contributed by atoms with Gasteiger partial charge in [-0.05, 0) is 68.9 Å². The lowest BCUT2D eigenvalue weighted by Crippen LogP contribution is -2.53. The predicted octanol–water partition coefficient (Wildman–Crippen LogP) is 7.27. The van der Waals surface area contributed by atoms with Crippen molar-refractivity contribution in [1.82, 2.24) is 10.2 Å². The summed E-state index contributed by atoms with van der Waals surface area (Å²) < 4.78 is 5.50. The molecule has 42 heavy (non-hydrogen) atoms. The van der Waals surface area contributed by atoms with E-state index in [-0.39, 0.29) is 18.9 Å². The molecule has 0 saturated carbocycles. The molecule has 2 N–H and O–H groups in total. The maximum atomic E-state index is 14.4. The lowest BCUT2D eigenvalue weighted by atomic mass is 9.98. The highest BCUT2D eigenvalue weighted by atomic mass is 35.5. The van der Waals surface area contributed by atoms with Crippen molar-refractivity contribution >= 4 is 35.2 Å². The van der Waals surface area contributed by atoms with Crippen LogP contribution in [0, 0.1) is 6.92 Å².